The van der Waals surface area contributed by atoms with Gasteiger partial charge < -0.3 is 5.11 Å². The summed E-state index contributed by atoms with van der Waals surface area (Å²) in [7, 11) is 0. The van der Waals surface area contributed by atoms with Gasteiger partial charge in [0, 0.05) is 13.0 Å². The van der Waals surface area contributed by atoms with Crippen LogP contribution in [0.15, 0.2) is 11.6 Å². The average Bonchev–Trinajstić information content (AvgIpc) is 2.52. The van der Waals surface area contributed by atoms with E-state index >= 15 is 0 Å². The molecule has 1 rings (SSSR count). The summed E-state index contributed by atoms with van der Waals surface area (Å²) < 4.78 is 0. The minimum atomic E-state index is 0.124. The third-order valence-electron chi connectivity index (χ3n) is 1.96. The Morgan fingerprint density at radius 1 is 1.64 bits per heavy atom. The zero-order valence-electron chi connectivity index (χ0n) is 6.68. The van der Waals surface area contributed by atoms with E-state index in [4.69, 9.17) is 5.11 Å². The van der Waals surface area contributed by atoms with Crippen LogP contribution in [-0.2, 0) is 4.79 Å². The molecule has 0 fully saturated rings. The molecule has 1 aliphatic rings. The molecule has 0 aliphatic heterocycles. The van der Waals surface area contributed by atoms with Crippen LogP contribution in [0.4, 0.5) is 0 Å². The quantitative estimate of drug-likeness (QED) is 0.665. The summed E-state index contributed by atoms with van der Waals surface area (Å²) in [4.78, 5) is 11.2. The SMILES string of the molecule is O=C(CCCO)C1=CCCC1. The van der Waals surface area contributed by atoms with E-state index in [9.17, 15) is 4.79 Å². The van der Waals surface area contributed by atoms with Gasteiger partial charge >= 0.3 is 0 Å². The average molecular weight is 154 g/mol. The highest BCUT2D eigenvalue weighted by Gasteiger charge is 2.11. The molecular formula is C9H14O2. The van der Waals surface area contributed by atoms with Crippen molar-refractivity contribution in [3.8, 4) is 0 Å². The largest absolute Gasteiger partial charge is 0.396 e. The molecule has 0 aromatic heterocycles. The molecule has 62 valence electrons. The molecule has 1 aliphatic carbocycles. The summed E-state index contributed by atoms with van der Waals surface area (Å²) in [6.45, 7) is 0.124. The molecule has 1 N–H and O–H groups in total. The van der Waals surface area contributed by atoms with E-state index < -0.39 is 0 Å². The van der Waals surface area contributed by atoms with Gasteiger partial charge in [0.25, 0.3) is 0 Å². The normalized spacial score (nSPS) is 16.6. The molecule has 0 aromatic carbocycles. The zero-order valence-corrected chi connectivity index (χ0v) is 6.68. The minimum absolute atomic E-state index is 0.124. The first-order valence-corrected chi connectivity index (χ1v) is 4.17. The smallest absolute Gasteiger partial charge is 0.158 e. The predicted molar refractivity (Wildman–Crippen MR) is 43.3 cm³/mol. The second kappa shape index (κ2) is 4.29. The van der Waals surface area contributed by atoms with Gasteiger partial charge in [-0.05, 0) is 31.3 Å². The van der Waals surface area contributed by atoms with E-state index in [1.165, 1.54) is 0 Å². The van der Waals surface area contributed by atoms with Crippen molar-refractivity contribution in [3.63, 3.8) is 0 Å². The Morgan fingerprint density at radius 3 is 3.00 bits per heavy atom. The fourth-order valence-corrected chi connectivity index (χ4v) is 1.32. The molecule has 0 saturated heterocycles. The molecular weight excluding hydrogens is 140 g/mol. The van der Waals surface area contributed by atoms with Gasteiger partial charge in [-0.1, -0.05) is 6.08 Å². The van der Waals surface area contributed by atoms with E-state index in [1.54, 1.807) is 0 Å². The lowest BCUT2D eigenvalue weighted by Gasteiger charge is -1.98. The molecule has 0 aromatic rings. The van der Waals surface area contributed by atoms with Gasteiger partial charge in [-0.25, -0.2) is 0 Å². The van der Waals surface area contributed by atoms with E-state index in [1.807, 2.05) is 6.08 Å². The highest BCUT2D eigenvalue weighted by molar-refractivity contribution is 5.95. The number of hydrogen-bond acceptors (Lipinski definition) is 2. The van der Waals surface area contributed by atoms with Gasteiger partial charge in [0.1, 0.15) is 0 Å². The molecule has 11 heavy (non-hydrogen) atoms. The van der Waals surface area contributed by atoms with Crippen molar-refractivity contribution in [2.75, 3.05) is 6.61 Å². The Morgan fingerprint density at radius 2 is 2.45 bits per heavy atom. The van der Waals surface area contributed by atoms with Crippen molar-refractivity contribution < 1.29 is 9.90 Å². The summed E-state index contributed by atoms with van der Waals surface area (Å²) >= 11 is 0. The summed E-state index contributed by atoms with van der Waals surface area (Å²) in [5, 5.41) is 8.49. The Kier molecular flexibility index (Phi) is 3.30. The van der Waals surface area contributed by atoms with Gasteiger partial charge in [-0.3, -0.25) is 4.79 Å². The third kappa shape index (κ3) is 2.46. The maximum Gasteiger partial charge on any atom is 0.158 e. The minimum Gasteiger partial charge on any atom is -0.396 e. The standard InChI is InChI=1S/C9H14O2/c10-7-3-6-9(11)8-4-1-2-5-8/h4,10H,1-3,5-7H2. The molecule has 0 saturated carbocycles. The fourth-order valence-electron chi connectivity index (χ4n) is 1.32. The summed E-state index contributed by atoms with van der Waals surface area (Å²) in [6.07, 6.45) is 6.28. The summed E-state index contributed by atoms with van der Waals surface area (Å²) in [6, 6.07) is 0. The van der Waals surface area contributed by atoms with Gasteiger partial charge in [-0.15, -0.1) is 0 Å². The topological polar surface area (TPSA) is 37.3 Å². The molecule has 0 atom stereocenters. The number of allylic oxidation sites excluding steroid dienone is 2. The number of hydrogen-bond donors (Lipinski definition) is 1. The van der Waals surface area contributed by atoms with E-state index in [-0.39, 0.29) is 12.4 Å². The number of carbonyl (C=O) groups excluding carboxylic acids is 1. The van der Waals surface area contributed by atoms with Gasteiger partial charge in [0.2, 0.25) is 0 Å². The summed E-state index contributed by atoms with van der Waals surface area (Å²) in [5.41, 5.74) is 0.985. The maximum absolute atomic E-state index is 11.2. The molecule has 0 bridgehead atoms. The second-order valence-corrected chi connectivity index (χ2v) is 2.87. The number of aliphatic hydroxyl groups excluding tert-OH is 1. The van der Waals surface area contributed by atoms with Crippen LogP contribution in [0.25, 0.3) is 0 Å². The van der Waals surface area contributed by atoms with Crippen LogP contribution in [0.2, 0.25) is 0 Å². The van der Waals surface area contributed by atoms with Crippen molar-refractivity contribution in [1.29, 1.82) is 0 Å². The van der Waals surface area contributed by atoms with Crippen molar-refractivity contribution in [1.82, 2.24) is 0 Å². The van der Waals surface area contributed by atoms with Crippen molar-refractivity contribution in [3.05, 3.63) is 11.6 Å². The lowest BCUT2D eigenvalue weighted by Crippen LogP contribution is -2.01. The molecule has 2 nitrogen and oxygen atoms in total. The van der Waals surface area contributed by atoms with Crippen LogP contribution < -0.4 is 0 Å². The second-order valence-electron chi connectivity index (χ2n) is 2.87. The highest BCUT2D eigenvalue weighted by Crippen LogP contribution is 2.19. The molecule has 0 amide bonds. The van der Waals surface area contributed by atoms with E-state index in [0.29, 0.717) is 12.8 Å². The monoisotopic (exact) mass is 154 g/mol. The van der Waals surface area contributed by atoms with Crippen LogP contribution in [0.3, 0.4) is 0 Å². The Balaban J connectivity index is 2.29. The van der Waals surface area contributed by atoms with Crippen LogP contribution >= 0.6 is 0 Å². The fraction of sp³-hybridized carbons (Fsp3) is 0.667. The number of rotatable bonds is 4. The van der Waals surface area contributed by atoms with Crippen LogP contribution in [0.1, 0.15) is 32.1 Å². The lowest BCUT2D eigenvalue weighted by molar-refractivity contribution is -0.115. The number of Topliss-reactive ketones (excluding diaryl/α,β-unsaturated/α-hetero) is 1. The number of carbonyl (C=O) groups is 1. The first kappa shape index (κ1) is 8.47. The van der Waals surface area contributed by atoms with Crippen LogP contribution in [0.5, 0.6) is 0 Å². The Hall–Kier alpha value is -0.630. The zero-order chi connectivity index (χ0) is 8.10. The first-order valence-electron chi connectivity index (χ1n) is 4.17. The van der Waals surface area contributed by atoms with Crippen molar-refractivity contribution >= 4 is 5.78 Å². The van der Waals surface area contributed by atoms with Gasteiger partial charge in [0.15, 0.2) is 5.78 Å². The number of aliphatic hydroxyl groups is 1. The van der Waals surface area contributed by atoms with Gasteiger partial charge in [-0.2, -0.15) is 0 Å². The molecule has 0 spiro atoms. The van der Waals surface area contributed by atoms with Gasteiger partial charge in [0.05, 0.1) is 0 Å². The third-order valence-corrected chi connectivity index (χ3v) is 1.96. The van der Waals surface area contributed by atoms with E-state index in [2.05, 4.69) is 0 Å². The maximum atomic E-state index is 11.2. The highest BCUT2D eigenvalue weighted by atomic mass is 16.3. The first-order chi connectivity index (χ1) is 5.34. The lowest BCUT2D eigenvalue weighted by atomic mass is 10.1. The Labute approximate surface area is 66.9 Å². The van der Waals surface area contributed by atoms with Crippen LogP contribution in [0, 0.1) is 0 Å². The van der Waals surface area contributed by atoms with E-state index in [0.717, 1.165) is 24.8 Å². The van der Waals surface area contributed by atoms with Crippen LogP contribution in [-0.4, -0.2) is 17.5 Å². The molecule has 2 heteroatoms. The van der Waals surface area contributed by atoms with Crippen molar-refractivity contribution in [2.45, 2.75) is 32.1 Å². The van der Waals surface area contributed by atoms with Crippen molar-refractivity contribution in [2.24, 2.45) is 0 Å². The predicted octanol–water partition coefficient (Wildman–Crippen LogP) is 1.44. The summed E-state index contributed by atoms with van der Waals surface area (Å²) in [5.74, 6) is 0.233. The molecule has 0 radical (unpaired) electrons. The number of ketones is 1. The molecule has 0 heterocycles. The molecule has 0 unspecified atom stereocenters. The Bertz CT molecular complexity index is 170.